The van der Waals surface area contributed by atoms with Gasteiger partial charge in [-0.2, -0.15) is 0 Å². The number of benzene rings is 5. The smallest absolute Gasteiger partial charge is 0.148 e. The van der Waals surface area contributed by atoms with Gasteiger partial charge in [-0.15, -0.1) is 0 Å². The topological polar surface area (TPSA) is 176 Å². The molecule has 0 radical (unpaired) electrons. The average molecular weight is 1030 g/mol. The number of nitrogen functional groups attached to an aromatic ring is 1. The summed E-state index contributed by atoms with van der Waals surface area (Å²) in [6.45, 7) is 5.27. The summed E-state index contributed by atoms with van der Waals surface area (Å²) in [5.74, 6) is 4.32. The van der Waals surface area contributed by atoms with Gasteiger partial charge >= 0.3 is 0 Å². The molecule has 5 aromatic carbocycles. The van der Waals surface area contributed by atoms with E-state index in [9.17, 15) is 12.8 Å². The number of rotatable bonds is 18. The number of aromatic nitrogens is 5. The van der Waals surface area contributed by atoms with E-state index in [1.54, 1.807) is 30.6 Å². The van der Waals surface area contributed by atoms with E-state index in [0.717, 1.165) is 55.9 Å². The Bertz CT molecular complexity index is 3490. The Labute approximate surface area is 434 Å². The van der Waals surface area contributed by atoms with E-state index in [0.29, 0.717) is 70.9 Å². The third-order valence-electron chi connectivity index (χ3n) is 13.4. The molecular weight excluding hydrogens is 977 g/mol. The van der Waals surface area contributed by atoms with Crippen LogP contribution in [-0.2, 0) is 29.6 Å². The normalized spacial score (nSPS) is 15.7. The first kappa shape index (κ1) is 50.2. The first-order valence-corrected chi connectivity index (χ1v) is 27.2. The zero-order valence-electron chi connectivity index (χ0n) is 41.0. The molecule has 0 unspecified atom stereocenters. The van der Waals surface area contributed by atoms with Crippen LogP contribution in [0, 0.1) is 11.7 Å². The third-order valence-corrected chi connectivity index (χ3v) is 14.6. The maximum atomic E-state index is 13.4. The fourth-order valence-corrected chi connectivity index (χ4v) is 10.3. The monoisotopic (exact) mass is 1030 g/mol. The van der Waals surface area contributed by atoms with Crippen molar-refractivity contribution in [1.82, 2.24) is 34.7 Å². The minimum Gasteiger partial charge on any atom is -0.489 e. The Balaban J connectivity index is 0.000000171. The van der Waals surface area contributed by atoms with E-state index in [4.69, 9.17) is 31.2 Å². The number of hydrogen-bond acceptors (Lipinski definition) is 13. The molecule has 380 valence electrons. The van der Waals surface area contributed by atoms with Gasteiger partial charge in [0.15, 0.2) is 0 Å². The molecule has 1 saturated heterocycles. The molecule has 2 fully saturated rings. The van der Waals surface area contributed by atoms with Gasteiger partial charge in [0.1, 0.15) is 81.8 Å². The number of halogens is 2. The van der Waals surface area contributed by atoms with Crippen molar-refractivity contribution in [1.29, 1.82) is 0 Å². The van der Waals surface area contributed by atoms with Crippen molar-refractivity contribution >= 4 is 60.7 Å². The zero-order chi connectivity index (χ0) is 51.0. The van der Waals surface area contributed by atoms with Gasteiger partial charge in [-0.3, -0.25) is 0 Å². The lowest BCUT2D eigenvalue weighted by Gasteiger charge is -2.38. The standard InChI is InChI=1S/C29H26ClFN4O4S.C28H31N5O/c1-40(36,37)12-11-32-16-23-7-10-27(39-23)20-5-8-26-24(14-20)29(34-18-33-26)35-22-6-9-28(25(30)15-22)38-17-19-3-2-4-21(31)13-19;29-27-26-25(22-9-6-10-24(15-22)34-18-20-7-2-1-3-8-20)17-33(28(26)31-19-30-27)23-13-21(14-23)16-32-11-4-5-12-32/h2-10,13-15,18,32H,11-12,16-17H2,1H3,(H,33,34,35);1-3,6-10,15,17,19,21,23H,4-5,11-14,16,18H2,(H2,29,30,31). The molecule has 17 heteroatoms. The van der Waals surface area contributed by atoms with Crippen LogP contribution in [0.15, 0.2) is 151 Å². The van der Waals surface area contributed by atoms with Gasteiger partial charge in [-0.05, 0) is 134 Å². The van der Waals surface area contributed by atoms with E-state index in [-0.39, 0.29) is 18.2 Å². The summed E-state index contributed by atoms with van der Waals surface area (Å²) in [4.78, 5) is 20.4. The molecule has 1 saturated carbocycles. The van der Waals surface area contributed by atoms with Crippen molar-refractivity contribution in [2.75, 3.05) is 49.2 Å². The van der Waals surface area contributed by atoms with Gasteiger partial charge in [-0.1, -0.05) is 66.2 Å². The molecular formula is C57H57ClFN9O5S. The lowest BCUT2D eigenvalue weighted by Crippen LogP contribution is -2.35. The SMILES string of the molecule is CS(=O)(=O)CCNCc1ccc(-c2ccc3ncnc(Nc4ccc(OCc5cccc(F)c5)c(Cl)c4)c3c2)o1.Nc1ncnc2c1c(-c1cccc(OCc3ccccc3)c1)cn2C1CC(CN2CCCC2)C1. The molecule has 0 bridgehead atoms. The van der Waals surface area contributed by atoms with Gasteiger partial charge < -0.3 is 39.7 Å². The van der Waals surface area contributed by atoms with Crippen LogP contribution < -0.4 is 25.8 Å². The fourth-order valence-electron chi connectivity index (χ4n) is 9.53. The molecule has 1 aliphatic heterocycles. The largest absolute Gasteiger partial charge is 0.489 e. The number of likely N-dealkylation sites (tertiary alicyclic amines) is 1. The van der Waals surface area contributed by atoms with E-state index in [1.165, 1.54) is 70.0 Å². The summed E-state index contributed by atoms with van der Waals surface area (Å²) in [6.07, 6.45) is 11.6. The Morgan fingerprint density at radius 2 is 1.61 bits per heavy atom. The molecule has 4 N–H and O–H groups in total. The number of fused-ring (bicyclic) bond motifs is 2. The maximum absolute atomic E-state index is 13.4. The summed E-state index contributed by atoms with van der Waals surface area (Å²) in [6, 6.07) is 39.9. The van der Waals surface area contributed by atoms with E-state index < -0.39 is 9.84 Å². The van der Waals surface area contributed by atoms with Crippen LogP contribution in [0.1, 0.15) is 48.6 Å². The van der Waals surface area contributed by atoms with Crippen LogP contribution in [0.3, 0.4) is 0 Å². The van der Waals surface area contributed by atoms with Crippen LogP contribution in [-0.4, -0.2) is 76.0 Å². The molecule has 0 amide bonds. The second-order valence-corrected chi connectivity index (χ2v) is 21.6. The highest BCUT2D eigenvalue weighted by Gasteiger charge is 2.34. The highest BCUT2D eigenvalue weighted by atomic mass is 35.5. The summed E-state index contributed by atoms with van der Waals surface area (Å²) in [7, 11) is -3.02. The van der Waals surface area contributed by atoms with Crippen molar-refractivity contribution in [3.63, 3.8) is 0 Å². The maximum Gasteiger partial charge on any atom is 0.148 e. The number of hydrogen-bond donors (Lipinski definition) is 3. The molecule has 4 aromatic heterocycles. The minimum atomic E-state index is -3.02. The van der Waals surface area contributed by atoms with Crippen molar-refractivity contribution < 1.29 is 26.7 Å². The molecule has 0 atom stereocenters. The fraction of sp³-hybridized carbons (Fsp3) is 0.263. The highest BCUT2D eigenvalue weighted by Crippen LogP contribution is 2.44. The van der Waals surface area contributed by atoms with Crippen LogP contribution in [0.2, 0.25) is 5.02 Å². The quantitative estimate of drug-likeness (QED) is 0.0693. The minimum absolute atomic E-state index is 0.0664. The van der Waals surface area contributed by atoms with Crippen LogP contribution >= 0.6 is 11.6 Å². The highest BCUT2D eigenvalue weighted by molar-refractivity contribution is 7.90. The van der Waals surface area contributed by atoms with E-state index in [2.05, 4.69) is 70.5 Å². The lowest BCUT2D eigenvalue weighted by molar-refractivity contribution is 0.145. The summed E-state index contributed by atoms with van der Waals surface area (Å²) in [5, 5.41) is 8.49. The van der Waals surface area contributed by atoms with Gasteiger partial charge in [0.2, 0.25) is 0 Å². The lowest BCUT2D eigenvalue weighted by atomic mass is 9.79. The van der Waals surface area contributed by atoms with Crippen molar-refractivity contribution in [2.45, 2.75) is 51.5 Å². The molecule has 9 aromatic rings. The second kappa shape index (κ2) is 22.8. The molecule has 0 spiro atoms. The van der Waals surface area contributed by atoms with E-state index in [1.807, 2.05) is 66.7 Å². The van der Waals surface area contributed by atoms with Gasteiger partial charge in [-0.25, -0.2) is 32.7 Å². The first-order valence-electron chi connectivity index (χ1n) is 24.7. The zero-order valence-corrected chi connectivity index (χ0v) is 42.5. The summed E-state index contributed by atoms with van der Waals surface area (Å²) < 4.78 is 56.2. The van der Waals surface area contributed by atoms with Crippen molar-refractivity contribution in [3.05, 3.63) is 174 Å². The predicted octanol–water partition coefficient (Wildman–Crippen LogP) is 11.4. The van der Waals surface area contributed by atoms with Gasteiger partial charge in [0.05, 0.1) is 28.2 Å². The molecule has 5 heterocycles. The number of furan rings is 1. The predicted molar refractivity (Wildman–Crippen MR) is 290 cm³/mol. The summed E-state index contributed by atoms with van der Waals surface area (Å²) >= 11 is 6.47. The Hall–Kier alpha value is -7.37. The molecule has 11 rings (SSSR count). The Kier molecular flexibility index (Phi) is 15.5. The number of ether oxygens (including phenoxy) is 2. The number of nitrogens with one attached hydrogen (secondary N) is 2. The average Bonchev–Trinajstić information content (AvgIpc) is 4.18. The third kappa shape index (κ3) is 12.5. The molecule has 2 aliphatic rings. The second-order valence-electron chi connectivity index (χ2n) is 18.9. The van der Waals surface area contributed by atoms with Crippen molar-refractivity contribution in [3.8, 4) is 33.9 Å². The van der Waals surface area contributed by atoms with Crippen molar-refractivity contribution in [2.24, 2.45) is 5.92 Å². The Morgan fingerprint density at radius 1 is 0.811 bits per heavy atom. The van der Waals surface area contributed by atoms with Crippen LogP contribution in [0.25, 0.3) is 44.4 Å². The van der Waals surface area contributed by atoms with Gasteiger partial charge in [0.25, 0.3) is 0 Å². The Morgan fingerprint density at radius 3 is 2.42 bits per heavy atom. The van der Waals surface area contributed by atoms with Crippen LogP contribution in [0.5, 0.6) is 11.5 Å². The molecule has 74 heavy (non-hydrogen) atoms. The number of sulfone groups is 1. The number of anilines is 3. The van der Waals surface area contributed by atoms with Gasteiger partial charge in [0, 0.05) is 53.8 Å². The molecule has 14 nitrogen and oxygen atoms in total. The number of nitrogens with zero attached hydrogens (tertiary/aromatic N) is 6. The first-order chi connectivity index (χ1) is 36.0. The van der Waals surface area contributed by atoms with E-state index >= 15 is 0 Å². The number of nitrogens with two attached hydrogens (primary N) is 1. The summed E-state index contributed by atoms with van der Waals surface area (Å²) in [5.41, 5.74) is 13.6. The molecule has 1 aliphatic carbocycles. The van der Waals surface area contributed by atoms with Crippen LogP contribution in [0.4, 0.5) is 21.7 Å².